The average molecular weight is 228 g/mol. The van der Waals surface area contributed by atoms with Gasteiger partial charge in [-0.15, -0.1) is 0 Å². The van der Waals surface area contributed by atoms with Gasteiger partial charge in [0.05, 0.1) is 0 Å². The molecule has 0 N–H and O–H groups in total. The predicted molar refractivity (Wildman–Crippen MR) is 73.3 cm³/mol. The molecule has 0 unspecified atom stereocenters. The third-order valence-electron chi connectivity index (χ3n) is 3.42. The highest BCUT2D eigenvalue weighted by atomic mass is 14.9. The standard InChI is InChI=1S/C16H22N/c1-11(2)13-6-7-15-14(10-13)8-9-17(5)16(15)12(3)4/h6-12H,1-5H3/q+1. The highest BCUT2D eigenvalue weighted by Gasteiger charge is 2.16. The SMILES string of the molecule is CC(C)c1ccc2c(C(C)C)[n+](C)ccc2c1. The van der Waals surface area contributed by atoms with Crippen LogP contribution in [0.5, 0.6) is 0 Å². The molecule has 17 heavy (non-hydrogen) atoms. The molecule has 1 nitrogen and oxygen atoms in total. The van der Waals surface area contributed by atoms with E-state index in [-0.39, 0.29) is 0 Å². The van der Waals surface area contributed by atoms with Gasteiger partial charge in [0.2, 0.25) is 0 Å². The van der Waals surface area contributed by atoms with Crippen molar-refractivity contribution >= 4 is 10.8 Å². The Morgan fingerprint density at radius 2 is 1.65 bits per heavy atom. The molecule has 0 amide bonds. The van der Waals surface area contributed by atoms with Crippen molar-refractivity contribution in [2.75, 3.05) is 0 Å². The quantitative estimate of drug-likeness (QED) is 0.686. The van der Waals surface area contributed by atoms with E-state index in [9.17, 15) is 0 Å². The van der Waals surface area contributed by atoms with E-state index in [1.54, 1.807) is 0 Å². The molecule has 0 atom stereocenters. The summed E-state index contributed by atoms with van der Waals surface area (Å²) in [6.45, 7) is 9.00. The number of nitrogens with zero attached hydrogens (tertiary/aromatic N) is 1. The van der Waals surface area contributed by atoms with Gasteiger partial charge in [0.25, 0.3) is 0 Å². The summed E-state index contributed by atoms with van der Waals surface area (Å²) in [6, 6.07) is 9.08. The Hall–Kier alpha value is -1.37. The van der Waals surface area contributed by atoms with Gasteiger partial charge in [0, 0.05) is 17.4 Å². The number of hydrogen-bond acceptors (Lipinski definition) is 0. The molecular weight excluding hydrogens is 206 g/mol. The topological polar surface area (TPSA) is 3.88 Å². The van der Waals surface area contributed by atoms with E-state index >= 15 is 0 Å². The van der Waals surface area contributed by atoms with Gasteiger partial charge in [0.15, 0.2) is 11.9 Å². The molecule has 0 saturated carbocycles. The number of fused-ring (bicyclic) bond motifs is 1. The molecular formula is C16H22N+. The van der Waals surface area contributed by atoms with Gasteiger partial charge in [0.1, 0.15) is 7.05 Å². The molecule has 2 rings (SSSR count). The van der Waals surface area contributed by atoms with Crippen molar-refractivity contribution in [3.63, 3.8) is 0 Å². The number of benzene rings is 1. The van der Waals surface area contributed by atoms with Crippen LogP contribution in [-0.4, -0.2) is 0 Å². The van der Waals surface area contributed by atoms with Gasteiger partial charge >= 0.3 is 0 Å². The Kier molecular flexibility index (Phi) is 3.19. The van der Waals surface area contributed by atoms with E-state index in [0.29, 0.717) is 11.8 Å². The molecule has 90 valence electrons. The number of hydrogen-bond donors (Lipinski definition) is 0. The first-order valence-electron chi connectivity index (χ1n) is 6.43. The third-order valence-corrected chi connectivity index (χ3v) is 3.42. The second kappa shape index (κ2) is 4.48. The van der Waals surface area contributed by atoms with E-state index in [4.69, 9.17) is 0 Å². The molecule has 0 radical (unpaired) electrons. The number of aromatic nitrogens is 1. The molecule has 1 aromatic carbocycles. The Balaban J connectivity index is 2.71. The molecule has 2 aromatic rings. The summed E-state index contributed by atoms with van der Waals surface area (Å²) >= 11 is 0. The van der Waals surface area contributed by atoms with Gasteiger partial charge < -0.3 is 0 Å². The van der Waals surface area contributed by atoms with E-state index in [1.165, 1.54) is 22.0 Å². The zero-order chi connectivity index (χ0) is 12.6. The fourth-order valence-electron chi connectivity index (χ4n) is 2.49. The van der Waals surface area contributed by atoms with Crippen LogP contribution in [0.1, 0.15) is 50.8 Å². The molecule has 1 aromatic heterocycles. The van der Waals surface area contributed by atoms with Crippen molar-refractivity contribution in [1.29, 1.82) is 0 Å². The summed E-state index contributed by atoms with van der Waals surface area (Å²) in [5, 5.41) is 2.74. The molecule has 0 saturated heterocycles. The van der Waals surface area contributed by atoms with Gasteiger partial charge in [-0.2, -0.15) is 0 Å². The van der Waals surface area contributed by atoms with E-state index in [0.717, 1.165) is 0 Å². The summed E-state index contributed by atoms with van der Waals surface area (Å²) in [4.78, 5) is 0. The Labute approximate surface area is 104 Å². The molecule has 0 bridgehead atoms. The van der Waals surface area contributed by atoms with Crippen molar-refractivity contribution in [1.82, 2.24) is 0 Å². The average Bonchev–Trinajstić information content (AvgIpc) is 2.27. The zero-order valence-electron chi connectivity index (χ0n) is 11.5. The molecule has 1 heterocycles. The highest BCUT2D eigenvalue weighted by molar-refractivity contribution is 5.84. The van der Waals surface area contributed by atoms with E-state index in [2.05, 4.69) is 69.8 Å². The van der Waals surface area contributed by atoms with Crippen molar-refractivity contribution < 1.29 is 4.57 Å². The minimum Gasteiger partial charge on any atom is -0.204 e. The smallest absolute Gasteiger partial charge is 0.191 e. The van der Waals surface area contributed by atoms with Crippen LogP contribution < -0.4 is 4.57 Å². The van der Waals surface area contributed by atoms with Crippen LogP contribution in [0.4, 0.5) is 0 Å². The molecule has 0 aliphatic carbocycles. The number of rotatable bonds is 2. The fraction of sp³-hybridized carbons (Fsp3) is 0.438. The maximum absolute atomic E-state index is 2.33. The van der Waals surface area contributed by atoms with Crippen LogP contribution >= 0.6 is 0 Å². The first kappa shape index (κ1) is 12.1. The van der Waals surface area contributed by atoms with Crippen molar-refractivity contribution in [2.45, 2.75) is 39.5 Å². The first-order valence-corrected chi connectivity index (χ1v) is 6.43. The Morgan fingerprint density at radius 3 is 2.24 bits per heavy atom. The predicted octanol–water partition coefficient (Wildman–Crippen LogP) is 3.91. The number of aryl methyl sites for hydroxylation is 1. The van der Waals surface area contributed by atoms with Crippen molar-refractivity contribution in [2.24, 2.45) is 7.05 Å². The van der Waals surface area contributed by atoms with Gasteiger partial charge in [-0.05, 0) is 22.9 Å². The molecule has 0 fully saturated rings. The summed E-state index contributed by atoms with van der Waals surface area (Å²) in [6.07, 6.45) is 2.17. The minimum absolute atomic E-state index is 0.550. The van der Waals surface area contributed by atoms with Crippen molar-refractivity contribution in [3.8, 4) is 0 Å². The Bertz CT molecular complexity index is 538. The van der Waals surface area contributed by atoms with Crippen molar-refractivity contribution in [3.05, 3.63) is 41.7 Å². The second-order valence-corrected chi connectivity index (χ2v) is 5.47. The second-order valence-electron chi connectivity index (χ2n) is 5.47. The minimum atomic E-state index is 0.550. The van der Waals surface area contributed by atoms with Gasteiger partial charge in [-0.1, -0.05) is 39.8 Å². The lowest BCUT2D eigenvalue weighted by Crippen LogP contribution is -2.33. The van der Waals surface area contributed by atoms with Crippen LogP contribution in [0.15, 0.2) is 30.5 Å². The number of pyridine rings is 1. The van der Waals surface area contributed by atoms with Gasteiger partial charge in [-0.3, -0.25) is 0 Å². The van der Waals surface area contributed by atoms with Crippen LogP contribution in [0, 0.1) is 0 Å². The third kappa shape index (κ3) is 2.19. The maximum atomic E-state index is 2.33. The fourth-order valence-corrected chi connectivity index (χ4v) is 2.49. The summed E-state index contributed by atoms with van der Waals surface area (Å²) in [5.41, 5.74) is 2.83. The monoisotopic (exact) mass is 228 g/mol. The van der Waals surface area contributed by atoms with E-state index in [1.807, 2.05) is 0 Å². The summed E-state index contributed by atoms with van der Waals surface area (Å²) < 4.78 is 2.24. The Morgan fingerprint density at radius 1 is 0.941 bits per heavy atom. The van der Waals surface area contributed by atoms with Gasteiger partial charge in [-0.25, -0.2) is 4.57 Å². The largest absolute Gasteiger partial charge is 0.204 e. The molecule has 1 heteroatoms. The molecule has 0 aliphatic heterocycles. The van der Waals surface area contributed by atoms with Crippen LogP contribution in [0.3, 0.4) is 0 Å². The summed E-state index contributed by atoms with van der Waals surface area (Å²) in [5.74, 6) is 1.14. The first-order chi connectivity index (χ1) is 8.00. The highest BCUT2D eigenvalue weighted by Crippen LogP contribution is 2.25. The van der Waals surface area contributed by atoms with E-state index < -0.39 is 0 Å². The summed E-state index contributed by atoms with van der Waals surface area (Å²) in [7, 11) is 2.13. The van der Waals surface area contributed by atoms with Crippen LogP contribution in [-0.2, 0) is 7.05 Å². The lowest BCUT2D eigenvalue weighted by molar-refractivity contribution is -0.678. The van der Waals surface area contributed by atoms with Crippen LogP contribution in [0.25, 0.3) is 10.8 Å². The molecule has 0 spiro atoms. The molecule has 0 aliphatic rings. The lowest BCUT2D eigenvalue weighted by Gasteiger charge is -2.10. The zero-order valence-corrected chi connectivity index (χ0v) is 11.5. The maximum Gasteiger partial charge on any atom is 0.191 e. The lowest BCUT2D eigenvalue weighted by atomic mass is 9.96. The normalized spacial score (nSPS) is 11.7. The van der Waals surface area contributed by atoms with Crippen LogP contribution in [0.2, 0.25) is 0 Å².